The Morgan fingerprint density at radius 1 is 1.35 bits per heavy atom. The molecule has 1 aromatic carbocycles. The summed E-state index contributed by atoms with van der Waals surface area (Å²) in [4.78, 5) is 12.6. The molecule has 1 N–H and O–H groups in total. The van der Waals surface area contributed by atoms with Crippen LogP contribution in [0, 0.1) is 11.8 Å². The Kier molecular flexibility index (Phi) is 3.56. The first-order valence-corrected chi connectivity index (χ1v) is 8.27. The van der Waals surface area contributed by atoms with Gasteiger partial charge in [0.2, 0.25) is 5.91 Å². The molecule has 0 bridgehead atoms. The first kappa shape index (κ1) is 14.3. The zero-order chi connectivity index (χ0) is 15.8. The number of para-hydroxylation sites is 1. The number of hydrogen-bond acceptors (Lipinski definition) is 3. The Morgan fingerprint density at radius 2 is 2.17 bits per heavy atom. The summed E-state index contributed by atoms with van der Waals surface area (Å²) in [7, 11) is 0. The zero-order valence-corrected chi connectivity index (χ0v) is 13.2. The van der Waals surface area contributed by atoms with Crippen LogP contribution in [0.2, 0.25) is 0 Å². The molecule has 2 atom stereocenters. The van der Waals surface area contributed by atoms with Gasteiger partial charge in [0.25, 0.3) is 0 Å². The maximum Gasteiger partial charge on any atom is 0.232 e. The fraction of sp³-hybridized carbons (Fsp3) is 0.444. The number of benzene rings is 1. The quantitative estimate of drug-likeness (QED) is 0.944. The number of carbonyl (C=O) groups excluding carboxylic acids is 1. The third-order valence-corrected chi connectivity index (χ3v) is 4.86. The third-order valence-electron chi connectivity index (χ3n) is 4.86. The lowest BCUT2D eigenvalue weighted by Crippen LogP contribution is -2.33. The Balaban J connectivity index is 1.46. The van der Waals surface area contributed by atoms with Crippen LogP contribution in [0.5, 0.6) is 5.75 Å². The van der Waals surface area contributed by atoms with E-state index in [9.17, 15) is 4.79 Å². The van der Waals surface area contributed by atoms with Gasteiger partial charge in [0, 0.05) is 6.07 Å². The second-order valence-electron chi connectivity index (χ2n) is 6.55. The Bertz CT molecular complexity index is 721. The second kappa shape index (κ2) is 5.72. The van der Waals surface area contributed by atoms with Gasteiger partial charge in [0.15, 0.2) is 0 Å². The van der Waals surface area contributed by atoms with E-state index in [1.165, 1.54) is 12.8 Å². The third kappa shape index (κ3) is 2.83. The van der Waals surface area contributed by atoms with Gasteiger partial charge in [-0.05, 0) is 43.7 Å². The number of amides is 1. The molecule has 2 aliphatic rings. The molecular weight excluding hydrogens is 290 g/mol. The van der Waals surface area contributed by atoms with E-state index < -0.39 is 0 Å². The molecule has 0 saturated heterocycles. The van der Waals surface area contributed by atoms with E-state index >= 15 is 0 Å². The fourth-order valence-corrected chi connectivity index (χ4v) is 3.24. The lowest BCUT2D eigenvalue weighted by Gasteiger charge is -2.25. The van der Waals surface area contributed by atoms with Gasteiger partial charge in [-0.1, -0.05) is 18.2 Å². The van der Waals surface area contributed by atoms with Gasteiger partial charge in [-0.25, -0.2) is 4.68 Å². The predicted octanol–water partition coefficient (Wildman–Crippen LogP) is 3.04. The minimum Gasteiger partial charge on any atom is -0.492 e. The van der Waals surface area contributed by atoms with E-state index in [0.717, 1.165) is 17.1 Å². The number of rotatable bonds is 4. The lowest BCUT2D eigenvalue weighted by molar-refractivity contribution is -0.121. The van der Waals surface area contributed by atoms with Crippen LogP contribution < -0.4 is 10.1 Å². The molecule has 1 amide bonds. The summed E-state index contributed by atoms with van der Waals surface area (Å²) in [5.74, 6) is 2.21. The summed E-state index contributed by atoms with van der Waals surface area (Å²) in [6.07, 6.45) is 4.97. The minimum atomic E-state index is -0.163. The topological polar surface area (TPSA) is 56.2 Å². The average Bonchev–Trinajstić information content (AvgIpc) is 3.33. The fourth-order valence-electron chi connectivity index (χ4n) is 3.24. The van der Waals surface area contributed by atoms with Crippen LogP contribution in [0.1, 0.15) is 31.4 Å². The van der Waals surface area contributed by atoms with Crippen LogP contribution in [0.15, 0.2) is 36.5 Å². The van der Waals surface area contributed by atoms with Crippen molar-refractivity contribution in [2.45, 2.75) is 32.2 Å². The van der Waals surface area contributed by atoms with Crippen molar-refractivity contribution in [1.82, 2.24) is 9.78 Å². The Labute approximate surface area is 135 Å². The second-order valence-corrected chi connectivity index (χ2v) is 6.55. The van der Waals surface area contributed by atoms with Crippen molar-refractivity contribution in [1.29, 1.82) is 0 Å². The molecule has 0 radical (unpaired) electrons. The number of anilines is 1. The standard InChI is InChI=1S/C18H21N3O2/c1-12(13-6-7-13)21-17(8-9-19-21)20-18(22)15-10-14-4-2-3-5-16(14)23-11-15/h2-5,8-9,12-13,15H,6-7,10-11H2,1H3,(H,20,22). The van der Waals surface area contributed by atoms with Gasteiger partial charge in [-0.15, -0.1) is 0 Å². The van der Waals surface area contributed by atoms with Crippen molar-refractivity contribution in [3.8, 4) is 5.75 Å². The molecule has 120 valence electrons. The van der Waals surface area contributed by atoms with Crippen molar-refractivity contribution in [2.75, 3.05) is 11.9 Å². The Morgan fingerprint density at radius 3 is 3.00 bits per heavy atom. The SMILES string of the molecule is CC(C1CC1)n1nccc1NC(=O)C1COc2ccccc2C1. The number of fused-ring (bicyclic) bond motifs is 1. The van der Waals surface area contributed by atoms with E-state index in [4.69, 9.17) is 4.74 Å². The molecule has 1 aromatic heterocycles. The molecule has 4 rings (SSSR count). The molecule has 2 unspecified atom stereocenters. The minimum absolute atomic E-state index is 0.00394. The number of nitrogens with one attached hydrogen (secondary N) is 1. The number of nitrogens with zero attached hydrogens (tertiary/aromatic N) is 2. The molecule has 23 heavy (non-hydrogen) atoms. The molecule has 1 aliphatic carbocycles. The molecule has 1 aliphatic heterocycles. The van der Waals surface area contributed by atoms with E-state index in [1.807, 2.05) is 35.0 Å². The van der Waals surface area contributed by atoms with E-state index in [1.54, 1.807) is 6.20 Å². The van der Waals surface area contributed by atoms with Crippen LogP contribution in [-0.4, -0.2) is 22.3 Å². The van der Waals surface area contributed by atoms with E-state index in [0.29, 0.717) is 25.0 Å². The molecule has 2 heterocycles. The molecular formula is C18H21N3O2. The predicted molar refractivity (Wildman–Crippen MR) is 87.4 cm³/mol. The molecule has 2 aromatic rings. The summed E-state index contributed by atoms with van der Waals surface area (Å²) < 4.78 is 7.66. The largest absolute Gasteiger partial charge is 0.492 e. The smallest absolute Gasteiger partial charge is 0.232 e. The van der Waals surface area contributed by atoms with Gasteiger partial charge in [-0.2, -0.15) is 5.10 Å². The molecule has 1 saturated carbocycles. The van der Waals surface area contributed by atoms with E-state index in [2.05, 4.69) is 17.3 Å². The highest BCUT2D eigenvalue weighted by molar-refractivity contribution is 5.92. The summed E-state index contributed by atoms with van der Waals surface area (Å²) in [5.41, 5.74) is 1.10. The summed E-state index contributed by atoms with van der Waals surface area (Å²) in [6.45, 7) is 2.59. The highest BCUT2D eigenvalue weighted by Crippen LogP contribution is 2.40. The van der Waals surface area contributed by atoms with Gasteiger partial charge >= 0.3 is 0 Å². The first-order chi connectivity index (χ1) is 11.2. The van der Waals surface area contributed by atoms with Crippen molar-refractivity contribution < 1.29 is 9.53 Å². The maximum absolute atomic E-state index is 12.6. The molecule has 5 nitrogen and oxygen atoms in total. The average molecular weight is 311 g/mol. The summed E-state index contributed by atoms with van der Waals surface area (Å²) in [6, 6.07) is 10.1. The number of hydrogen-bond donors (Lipinski definition) is 1. The Hall–Kier alpha value is -2.30. The van der Waals surface area contributed by atoms with Crippen molar-refractivity contribution in [3.05, 3.63) is 42.1 Å². The molecule has 5 heteroatoms. The van der Waals surface area contributed by atoms with Gasteiger partial charge in [0.1, 0.15) is 18.2 Å². The lowest BCUT2D eigenvalue weighted by atomic mass is 9.96. The monoisotopic (exact) mass is 311 g/mol. The van der Waals surface area contributed by atoms with E-state index in [-0.39, 0.29) is 11.8 Å². The molecule has 1 fully saturated rings. The van der Waals surface area contributed by atoms with Gasteiger partial charge in [-0.3, -0.25) is 4.79 Å². The van der Waals surface area contributed by atoms with Crippen molar-refractivity contribution >= 4 is 11.7 Å². The van der Waals surface area contributed by atoms with Crippen molar-refractivity contribution in [3.63, 3.8) is 0 Å². The summed E-state index contributed by atoms with van der Waals surface area (Å²) >= 11 is 0. The van der Waals surface area contributed by atoms with Crippen LogP contribution >= 0.6 is 0 Å². The van der Waals surface area contributed by atoms with Crippen LogP contribution in [0.3, 0.4) is 0 Å². The maximum atomic E-state index is 12.6. The van der Waals surface area contributed by atoms with Crippen LogP contribution in [-0.2, 0) is 11.2 Å². The number of aromatic nitrogens is 2. The normalized spacial score (nSPS) is 21.2. The van der Waals surface area contributed by atoms with Crippen molar-refractivity contribution in [2.24, 2.45) is 11.8 Å². The van der Waals surface area contributed by atoms with Gasteiger partial charge in [0.05, 0.1) is 18.2 Å². The summed E-state index contributed by atoms with van der Waals surface area (Å²) in [5, 5.41) is 7.42. The zero-order valence-electron chi connectivity index (χ0n) is 13.2. The van der Waals surface area contributed by atoms with Crippen LogP contribution in [0.25, 0.3) is 0 Å². The highest BCUT2D eigenvalue weighted by atomic mass is 16.5. The van der Waals surface area contributed by atoms with Gasteiger partial charge < -0.3 is 10.1 Å². The number of carbonyl (C=O) groups is 1. The number of ether oxygens (including phenoxy) is 1. The molecule has 0 spiro atoms. The highest BCUT2D eigenvalue weighted by Gasteiger charge is 2.31. The first-order valence-electron chi connectivity index (χ1n) is 8.27. The van der Waals surface area contributed by atoms with Crippen LogP contribution in [0.4, 0.5) is 5.82 Å².